The molecule has 5 nitrogen and oxygen atoms in total. The van der Waals surface area contributed by atoms with Crippen LogP contribution in [0, 0.1) is 26.7 Å². The molecule has 2 rings (SSSR count). The molecule has 0 saturated carbocycles. The molecule has 0 aliphatic carbocycles. The first kappa shape index (κ1) is 19.4. The standard InChI is InChI=1S/C20H31N3O2/c1-14-7-6-8-23(11-14)19(25)13-22(5)12-18(24)21-20-16(3)9-15(2)10-17(20)4/h9-10,14H,6-8,11-13H2,1-5H3,(H,21,24)/p+1/t14-/m1/s1. The maximum atomic E-state index is 12.4. The van der Waals surface area contributed by atoms with Crippen LogP contribution in [0.2, 0.25) is 0 Å². The van der Waals surface area contributed by atoms with E-state index in [9.17, 15) is 9.59 Å². The zero-order valence-electron chi connectivity index (χ0n) is 16.2. The molecular weight excluding hydrogens is 314 g/mol. The molecular formula is C20H32N3O2+. The second-order valence-electron chi connectivity index (χ2n) is 7.72. The van der Waals surface area contributed by atoms with Gasteiger partial charge >= 0.3 is 0 Å². The third-order valence-electron chi connectivity index (χ3n) is 4.87. The predicted molar refractivity (Wildman–Crippen MR) is 101 cm³/mol. The molecule has 2 amide bonds. The van der Waals surface area contributed by atoms with Gasteiger partial charge in [-0.3, -0.25) is 9.59 Å². The Balaban J connectivity index is 1.87. The van der Waals surface area contributed by atoms with Crippen molar-refractivity contribution in [1.82, 2.24) is 4.90 Å². The summed E-state index contributed by atoms with van der Waals surface area (Å²) in [6.07, 6.45) is 2.28. The number of quaternary nitrogens is 1. The number of rotatable bonds is 5. The van der Waals surface area contributed by atoms with E-state index < -0.39 is 0 Å². The van der Waals surface area contributed by atoms with Crippen molar-refractivity contribution in [3.8, 4) is 0 Å². The van der Waals surface area contributed by atoms with E-state index in [4.69, 9.17) is 0 Å². The number of likely N-dealkylation sites (N-methyl/N-ethyl adjacent to an activating group) is 1. The Morgan fingerprint density at radius 1 is 1.20 bits per heavy atom. The van der Waals surface area contributed by atoms with Crippen molar-refractivity contribution in [1.29, 1.82) is 0 Å². The minimum atomic E-state index is -0.0487. The highest BCUT2D eigenvalue weighted by molar-refractivity contribution is 5.93. The van der Waals surface area contributed by atoms with Gasteiger partial charge in [0.05, 0.1) is 7.05 Å². The van der Waals surface area contributed by atoms with Crippen molar-refractivity contribution in [3.05, 3.63) is 28.8 Å². The fourth-order valence-corrected chi connectivity index (χ4v) is 3.68. The molecule has 1 heterocycles. The first-order chi connectivity index (χ1) is 11.8. The zero-order chi connectivity index (χ0) is 18.6. The van der Waals surface area contributed by atoms with Crippen LogP contribution in [0.15, 0.2) is 12.1 Å². The average Bonchev–Trinajstić information content (AvgIpc) is 2.50. The molecule has 1 fully saturated rings. The van der Waals surface area contributed by atoms with E-state index in [1.807, 2.05) is 25.8 Å². The number of amides is 2. The van der Waals surface area contributed by atoms with Crippen molar-refractivity contribution in [2.75, 3.05) is 38.5 Å². The van der Waals surface area contributed by atoms with E-state index in [-0.39, 0.29) is 11.8 Å². The molecule has 0 bridgehead atoms. The highest BCUT2D eigenvalue weighted by Gasteiger charge is 2.24. The summed E-state index contributed by atoms with van der Waals surface area (Å²) in [5, 5.41) is 3.01. The summed E-state index contributed by atoms with van der Waals surface area (Å²) in [5.41, 5.74) is 4.22. The molecule has 1 aromatic rings. The molecule has 2 N–H and O–H groups in total. The van der Waals surface area contributed by atoms with Gasteiger partial charge in [-0.25, -0.2) is 0 Å². The zero-order valence-corrected chi connectivity index (χ0v) is 16.2. The normalized spacial score (nSPS) is 18.8. The van der Waals surface area contributed by atoms with Crippen molar-refractivity contribution in [2.45, 2.75) is 40.5 Å². The lowest BCUT2D eigenvalue weighted by molar-refractivity contribution is -0.862. The van der Waals surface area contributed by atoms with Gasteiger partial charge in [-0.15, -0.1) is 0 Å². The first-order valence-electron chi connectivity index (χ1n) is 9.23. The topological polar surface area (TPSA) is 53.9 Å². The first-order valence-corrected chi connectivity index (χ1v) is 9.23. The average molecular weight is 346 g/mol. The molecule has 1 unspecified atom stereocenters. The van der Waals surface area contributed by atoms with Crippen molar-refractivity contribution < 1.29 is 14.5 Å². The third kappa shape index (κ3) is 5.56. The molecule has 1 aliphatic heterocycles. The second kappa shape index (κ2) is 8.48. The van der Waals surface area contributed by atoms with Gasteiger partial charge < -0.3 is 15.1 Å². The Hall–Kier alpha value is -1.88. The summed E-state index contributed by atoms with van der Waals surface area (Å²) in [6, 6.07) is 4.14. The van der Waals surface area contributed by atoms with Gasteiger partial charge in [0.2, 0.25) is 0 Å². The van der Waals surface area contributed by atoms with E-state index >= 15 is 0 Å². The maximum Gasteiger partial charge on any atom is 0.279 e. The van der Waals surface area contributed by atoms with Crippen LogP contribution in [-0.4, -0.2) is 49.9 Å². The van der Waals surface area contributed by atoms with Crippen LogP contribution in [0.3, 0.4) is 0 Å². The lowest BCUT2D eigenvalue weighted by Gasteiger charge is -2.31. The Bertz CT molecular complexity index is 619. The van der Waals surface area contributed by atoms with Crippen LogP contribution in [0.1, 0.15) is 36.5 Å². The van der Waals surface area contributed by atoms with Crippen LogP contribution in [0.4, 0.5) is 5.69 Å². The molecule has 0 aromatic heterocycles. The monoisotopic (exact) mass is 346 g/mol. The number of carbonyl (C=O) groups excluding carboxylic acids is 2. The number of piperidine rings is 1. The van der Waals surface area contributed by atoms with Crippen molar-refractivity contribution >= 4 is 17.5 Å². The van der Waals surface area contributed by atoms with Gasteiger partial charge in [0.1, 0.15) is 0 Å². The van der Waals surface area contributed by atoms with Crippen LogP contribution in [0.25, 0.3) is 0 Å². The summed E-state index contributed by atoms with van der Waals surface area (Å²) in [6.45, 7) is 10.6. The molecule has 2 atom stereocenters. The van der Waals surface area contributed by atoms with Gasteiger partial charge in [0.15, 0.2) is 13.1 Å². The number of aryl methyl sites for hydroxylation is 3. The van der Waals surface area contributed by atoms with Crippen molar-refractivity contribution in [3.63, 3.8) is 0 Å². The number of hydrogen-bond acceptors (Lipinski definition) is 2. The molecule has 1 saturated heterocycles. The fourth-order valence-electron chi connectivity index (χ4n) is 3.68. The van der Waals surface area contributed by atoms with E-state index in [2.05, 4.69) is 31.3 Å². The molecule has 0 radical (unpaired) electrons. The molecule has 1 aliphatic rings. The smallest absolute Gasteiger partial charge is 0.279 e. The van der Waals surface area contributed by atoms with Crippen LogP contribution in [-0.2, 0) is 9.59 Å². The molecule has 1 aromatic carbocycles. The number of hydrogen-bond donors (Lipinski definition) is 2. The summed E-state index contributed by atoms with van der Waals surface area (Å²) < 4.78 is 0. The van der Waals surface area contributed by atoms with E-state index in [1.165, 1.54) is 12.0 Å². The Morgan fingerprint density at radius 3 is 2.44 bits per heavy atom. The highest BCUT2D eigenvalue weighted by atomic mass is 16.2. The Kier molecular flexibility index (Phi) is 6.59. The van der Waals surface area contributed by atoms with Crippen LogP contribution in [0.5, 0.6) is 0 Å². The highest BCUT2D eigenvalue weighted by Crippen LogP contribution is 2.21. The Morgan fingerprint density at radius 2 is 1.84 bits per heavy atom. The largest absolute Gasteiger partial charge is 0.338 e. The minimum absolute atomic E-state index is 0.0487. The maximum absolute atomic E-state index is 12.4. The van der Waals surface area contributed by atoms with Crippen LogP contribution < -0.4 is 10.2 Å². The molecule has 25 heavy (non-hydrogen) atoms. The second-order valence-corrected chi connectivity index (χ2v) is 7.72. The lowest BCUT2D eigenvalue weighted by Crippen LogP contribution is -3.11. The fraction of sp³-hybridized carbons (Fsp3) is 0.600. The number of carbonyl (C=O) groups is 2. The predicted octanol–water partition coefficient (Wildman–Crippen LogP) is 1.32. The quantitative estimate of drug-likeness (QED) is 0.845. The molecule has 5 heteroatoms. The number of benzene rings is 1. The minimum Gasteiger partial charge on any atom is -0.338 e. The lowest BCUT2D eigenvalue weighted by atomic mass is 10.0. The van der Waals surface area contributed by atoms with Crippen LogP contribution >= 0.6 is 0 Å². The number of likely N-dealkylation sites (tertiary alicyclic amines) is 1. The van der Waals surface area contributed by atoms with Gasteiger partial charge in [0.25, 0.3) is 11.8 Å². The number of anilines is 1. The Labute approximate surface area is 151 Å². The van der Waals surface area contributed by atoms with Gasteiger partial charge in [-0.05, 0) is 50.7 Å². The van der Waals surface area contributed by atoms with Gasteiger partial charge in [0, 0.05) is 18.8 Å². The summed E-state index contributed by atoms with van der Waals surface area (Å²) in [7, 11) is 1.90. The number of nitrogens with zero attached hydrogens (tertiary/aromatic N) is 1. The van der Waals surface area contributed by atoms with Crippen molar-refractivity contribution in [2.24, 2.45) is 5.92 Å². The SMILES string of the molecule is Cc1cc(C)c(NC(=O)C[NH+](C)CC(=O)N2CCC[C@@H](C)C2)c(C)c1. The van der Waals surface area contributed by atoms with Gasteiger partial charge in [-0.2, -0.15) is 0 Å². The molecule has 138 valence electrons. The van der Waals surface area contributed by atoms with Gasteiger partial charge in [-0.1, -0.05) is 24.6 Å². The third-order valence-corrected chi connectivity index (χ3v) is 4.87. The summed E-state index contributed by atoms with van der Waals surface area (Å²) >= 11 is 0. The van der Waals surface area contributed by atoms with E-state index in [0.29, 0.717) is 19.0 Å². The number of nitrogens with one attached hydrogen (secondary N) is 2. The van der Waals surface area contributed by atoms with E-state index in [0.717, 1.165) is 41.2 Å². The molecule has 0 spiro atoms. The van der Waals surface area contributed by atoms with E-state index in [1.54, 1.807) is 0 Å². The summed E-state index contributed by atoms with van der Waals surface area (Å²) in [5.74, 6) is 0.681. The summed E-state index contributed by atoms with van der Waals surface area (Å²) in [4.78, 5) is 27.6.